The second-order valence-corrected chi connectivity index (χ2v) is 15.9. The molecule has 1 unspecified atom stereocenters. The first kappa shape index (κ1) is 45.1. The summed E-state index contributed by atoms with van der Waals surface area (Å²) in [6, 6.07) is 17.2. The Morgan fingerprint density at radius 1 is 1.11 bits per heavy atom. The van der Waals surface area contributed by atoms with Crippen LogP contribution < -0.4 is 43.1 Å². The standard InChI is InChI=1S/C26H23ClF2N3O5.C14H17NO3S.Li/c1-15-10-16(13-30)23(20(27)11-15)37-9-7-26(28,29)6-8-36-18-2-3-19-17(12-18)14-32(25(19)35)21-4-5-22(33)31-24(21)34;1-3-11-5-4-6-14(9-11)18-10-12-7-13(8-12)15-19(2,16)17;/h2-3,10-12,21H,1,4-9,14H2,(H,31,33,34);1,3-4,6,9,12-13,15H,7-8,10H2,2H3;/q-1;-2;+1. The Morgan fingerprint density at radius 3 is 2.47 bits per heavy atom. The Labute approximate surface area is 348 Å². The van der Waals surface area contributed by atoms with E-state index in [4.69, 9.17) is 32.4 Å². The van der Waals surface area contributed by atoms with Crippen LogP contribution in [0.2, 0.25) is 5.02 Å². The second-order valence-electron chi connectivity index (χ2n) is 13.7. The van der Waals surface area contributed by atoms with E-state index in [0.29, 0.717) is 35.0 Å². The topological polar surface area (TPSA) is 164 Å². The van der Waals surface area contributed by atoms with Crippen LogP contribution in [-0.2, 0) is 26.2 Å². The molecule has 0 aromatic heterocycles. The van der Waals surface area contributed by atoms with Crippen molar-refractivity contribution in [3.05, 3.63) is 101 Å². The maximum atomic E-state index is 14.4. The fraction of sp³-hybridized carbons (Fsp3) is 0.375. The smallest absolute Gasteiger partial charge is 0.514 e. The number of hydrogen-bond donors (Lipinski definition) is 2. The Hall–Kier alpha value is -4.57. The zero-order valence-electron chi connectivity index (χ0n) is 31.5. The molecule has 0 spiro atoms. The van der Waals surface area contributed by atoms with E-state index < -0.39 is 40.7 Å². The quantitative estimate of drug-likeness (QED) is 0.133. The van der Waals surface area contributed by atoms with Crippen LogP contribution in [0.15, 0.2) is 48.5 Å². The van der Waals surface area contributed by atoms with Gasteiger partial charge in [-0.3, -0.25) is 19.7 Å². The van der Waals surface area contributed by atoms with Gasteiger partial charge in [0.2, 0.25) is 21.8 Å². The van der Waals surface area contributed by atoms with E-state index >= 15 is 0 Å². The third kappa shape index (κ3) is 12.7. The largest absolute Gasteiger partial charge is 1.00 e. The first-order valence-electron chi connectivity index (χ1n) is 17.7. The van der Waals surface area contributed by atoms with Crippen LogP contribution in [0.4, 0.5) is 8.78 Å². The molecule has 1 saturated carbocycles. The second kappa shape index (κ2) is 19.7. The van der Waals surface area contributed by atoms with Crippen LogP contribution >= 0.6 is 11.6 Å². The number of halogens is 3. The van der Waals surface area contributed by atoms with Crippen LogP contribution in [0.5, 0.6) is 17.2 Å². The summed E-state index contributed by atoms with van der Waals surface area (Å²) in [5.41, 5.74) is 2.45. The zero-order chi connectivity index (χ0) is 40.6. The number of piperidine rings is 1. The average molecular weight is 817 g/mol. The van der Waals surface area contributed by atoms with Gasteiger partial charge in [0.1, 0.15) is 17.5 Å². The molecule has 3 amide bonds. The number of rotatable bonds is 15. The minimum absolute atomic E-state index is 0. The van der Waals surface area contributed by atoms with Crippen molar-refractivity contribution in [2.75, 3.05) is 26.1 Å². The monoisotopic (exact) mass is 816 g/mol. The number of carbonyl (C=O) groups is 3. The van der Waals surface area contributed by atoms with Crippen LogP contribution in [0.3, 0.4) is 0 Å². The van der Waals surface area contributed by atoms with Gasteiger partial charge in [0, 0.05) is 53.7 Å². The van der Waals surface area contributed by atoms with E-state index in [1.807, 2.05) is 18.2 Å². The number of nitrogens with zero attached hydrogens (tertiary/aromatic N) is 2. The van der Waals surface area contributed by atoms with Crippen molar-refractivity contribution in [1.29, 1.82) is 5.26 Å². The number of nitriles is 1. The fourth-order valence-corrected chi connectivity index (χ4v) is 7.49. The molecular weight excluding hydrogens is 777 g/mol. The number of imide groups is 1. The van der Waals surface area contributed by atoms with Crippen molar-refractivity contribution in [2.45, 2.75) is 63.1 Å². The minimum Gasteiger partial charge on any atom is -0.514 e. The number of amides is 3. The summed E-state index contributed by atoms with van der Waals surface area (Å²) in [5.74, 6) is -2.78. The Balaban J connectivity index is 0.000000303. The van der Waals surface area contributed by atoms with Crippen molar-refractivity contribution >= 4 is 45.4 Å². The van der Waals surface area contributed by atoms with Crippen molar-refractivity contribution in [2.24, 2.45) is 5.92 Å². The molecule has 57 heavy (non-hydrogen) atoms. The summed E-state index contributed by atoms with van der Waals surface area (Å²) in [7, 11) is -3.10. The van der Waals surface area contributed by atoms with Gasteiger partial charge in [0.25, 0.3) is 11.8 Å². The van der Waals surface area contributed by atoms with Gasteiger partial charge in [0.05, 0.1) is 32.1 Å². The van der Waals surface area contributed by atoms with Gasteiger partial charge < -0.3 is 37.3 Å². The molecular formula is C40H40ClF2LiN4O8S-2. The van der Waals surface area contributed by atoms with E-state index in [9.17, 15) is 36.8 Å². The van der Waals surface area contributed by atoms with Crippen molar-refractivity contribution < 1.29 is 64.7 Å². The SMILES string of the molecule is [CH-]=Cc1[c-]ccc(OCC2CC(NS(C)(=O)=O)C2)c1.[CH2-]c1cc(Cl)c(OCCC(F)(F)CCOc2ccc3c(c2)CN(C2CCC(=O)NC2=O)C3=O)c(C#N)c1.[Li+]. The molecule has 3 aromatic rings. The Morgan fingerprint density at radius 2 is 1.81 bits per heavy atom. The molecule has 1 aliphatic carbocycles. The van der Waals surface area contributed by atoms with Crippen molar-refractivity contribution in [3.63, 3.8) is 0 Å². The van der Waals surface area contributed by atoms with Crippen molar-refractivity contribution in [1.82, 2.24) is 14.9 Å². The van der Waals surface area contributed by atoms with Gasteiger partial charge in [-0.2, -0.15) is 29.9 Å². The van der Waals surface area contributed by atoms with Gasteiger partial charge in [0.15, 0.2) is 0 Å². The van der Waals surface area contributed by atoms with E-state index in [-0.39, 0.29) is 85.7 Å². The summed E-state index contributed by atoms with van der Waals surface area (Å²) < 4.78 is 70.0. The maximum Gasteiger partial charge on any atom is 1.00 e. The zero-order valence-corrected chi connectivity index (χ0v) is 33.1. The summed E-state index contributed by atoms with van der Waals surface area (Å²) in [4.78, 5) is 37.7. The number of hydrogen-bond acceptors (Lipinski definition) is 9. The first-order valence-corrected chi connectivity index (χ1v) is 19.9. The summed E-state index contributed by atoms with van der Waals surface area (Å²) in [6.07, 6.45) is 3.51. The first-order chi connectivity index (χ1) is 26.5. The number of carbonyl (C=O) groups excluding carboxylic acids is 3. The molecule has 17 heteroatoms. The summed E-state index contributed by atoms with van der Waals surface area (Å²) in [6.45, 7) is 9.22. The van der Waals surface area contributed by atoms with Crippen LogP contribution in [0.25, 0.3) is 6.08 Å². The fourth-order valence-electron chi connectivity index (χ4n) is 6.40. The Kier molecular flexibility index (Phi) is 15.6. The number of ether oxygens (including phenoxy) is 3. The third-order valence-corrected chi connectivity index (χ3v) is 10.3. The molecule has 0 radical (unpaired) electrons. The number of fused-ring (bicyclic) bond motifs is 1. The van der Waals surface area contributed by atoms with Crippen molar-refractivity contribution in [3.8, 4) is 23.3 Å². The number of nitrogens with one attached hydrogen (secondary N) is 2. The molecule has 12 nitrogen and oxygen atoms in total. The van der Waals surface area contributed by atoms with Gasteiger partial charge in [-0.1, -0.05) is 11.6 Å². The minimum atomic E-state index is -3.10. The Bertz CT molecular complexity index is 2130. The molecule has 298 valence electrons. The molecule has 2 fully saturated rings. The molecule has 2 heterocycles. The van der Waals surface area contributed by atoms with Gasteiger partial charge in [-0.05, 0) is 48.9 Å². The van der Waals surface area contributed by atoms with Crippen LogP contribution in [0.1, 0.15) is 71.1 Å². The third-order valence-electron chi connectivity index (χ3n) is 9.25. The average Bonchev–Trinajstić information content (AvgIpc) is 3.44. The number of sulfonamides is 1. The predicted molar refractivity (Wildman–Crippen MR) is 202 cm³/mol. The molecule has 1 atom stereocenters. The van der Waals surface area contributed by atoms with E-state index in [1.165, 1.54) is 35.4 Å². The molecule has 2 N–H and O–H groups in total. The van der Waals surface area contributed by atoms with E-state index in [1.54, 1.807) is 18.2 Å². The van der Waals surface area contributed by atoms with E-state index in [2.05, 4.69) is 23.0 Å². The predicted octanol–water partition coefficient (Wildman–Crippen LogP) is 2.67. The molecule has 3 aromatic carbocycles. The van der Waals surface area contributed by atoms with Gasteiger partial charge in [-0.15, -0.1) is 18.2 Å². The van der Waals surface area contributed by atoms with Gasteiger partial charge >= 0.3 is 18.9 Å². The maximum absolute atomic E-state index is 14.4. The molecule has 1 saturated heterocycles. The molecule has 2 aliphatic heterocycles. The van der Waals surface area contributed by atoms with E-state index in [0.717, 1.165) is 24.2 Å². The van der Waals surface area contributed by atoms with Gasteiger partial charge in [-0.25, -0.2) is 28.0 Å². The van der Waals surface area contributed by atoms with Crippen LogP contribution in [0, 0.1) is 36.8 Å². The number of benzene rings is 3. The molecule has 6 rings (SSSR count). The normalized spacial score (nSPS) is 18.8. The van der Waals surface area contributed by atoms with Crippen LogP contribution in [-0.4, -0.2) is 75.1 Å². The molecule has 3 aliphatic rings. The summed E-state index contributed by atoms with van der Waals surface area (Å²) >= 11 is 6.05. The summed E-state index contributed by atoms with van der Waals surface area (Å²) in [5, 5.41) is 11.6. The molecule has 0 bridgehead atoms. The number of alkyl halides is 2.